The summed E-state index contributed by atoms with van der Waals surface area (Å²) in [6.45, 7) is 0. The summed E-state index contributed by atoms with van der Waals surface area (Å²) in [6.07, 6.45) is 0.275. The molecule has 0 aliphatic carbocycles. The first-order valence-corrected chi connectivity index (χ1v) is 4.42. The van der Waals surface area contributed by atoms with E-state index in [0.717, 1.165) is 0 Å². The van der Waals surface area contributed by atoms with Gasteiger partial charge >= 0.3 is 5.97 Å². The van der Waals surface area contributed by atoms with E-state index in [1.807, 2.05) is 0 Å². The van der Waals surface area contributed by atoms with Crippen molar-refractivity contribution in [3.63, 3.8) is 0 Å². The number of ether oxygens (including phenoxy) is 1. The number of nitrogens with two attached hydrogens (primary N) is 2. The topological polar surface area (TPSA) is 78.3 Å². The van der Waals surface area contributed by atoms with E-state index in [1.165, 1.54) is 25.3 Å². The van der Waals surface area contributed by atoms with Gasteiger partial charge in [0.1, 0.15) is 11.9 Å². The van der Waals surface area contributed by atoms with Crippen molar-refractivity contribution in [2.24, 2.45) is 5.73 Å². The minimum absolute atomic E-state index is 0.0459. The fourth-order valence-corrected chi connectivity index (χ4v) is 1.21. The van der Waals surface area contributed by atoms with Crippen LogP contribution < -0.4 is 11.5 Å². The number of anilines is 1. The second kappa shape index (κ2) is 4.75. The van der Waals surface area contributed by atoms with Crippen molar-refractivity contribution in [2.75, 3.05) is 12.8 Å². The number of hydrogen-bond acceptors (Lipinski definition) is 4. The van der Waals surface area contributed by atoms with Gasteiger partial charge in [-0.2, -0.15) is 0 Å². The lowest BCUT2D eigenvalue weighted by Gasteiger charge is -2.09. The highest BCUT2D eigenvalue weighted by Crippen LogP contribution is 2.13. The zero-order valence-electron chi connectivity index (χ0n) is 8.37. The van der Waals surface area contributed by atoms with Gasteiger partial charge in [-0.25, -0.2) is 4.39 Å². The summed E-state index contributed by atoms with van der Waals surface area (Å²) in [5.74, 6) is -0.983. The maximum atomic E-state index is 12.8. The number of halogens is 1. The lowest BCUT2D eigenvalue weighted by Crippen LogP contribution is -2.33. The van der Waals surface area contributed by atoms with Gasteiger partial charge in [0, 0.05) is 0 Å². The van der Waals surface area contributed by atoms with Crippen LogP contribution in [0, 0.1) is 5.82 Å². The Hall–Kier alpha value is -1.62. The predicted molar refractivity (Wildman–Crippen MR) is 54.5 cm³/mol. The summed E-state index contributed by atoms with van der Waals surface area (Å²) in [4.78, 5) is 11.0. The summed E-state index contributed by atoms with van der Waals surface area (Å²) in [5, 5.41) is 0. The summed E-state index contributed by atoms with van der Waals surface area (Å²) in [7, 11) is 1.27. The monoisotopic (exact) mass is 212 g/mol. The quantitative estimate of drug-likeness (QED) is 0.563. The molecule has 4 nitrogen and oxygen atoms in total. The number of carbonyl (C=O) groups excluding carboxylic acids is 1. The average molecular weight is 212 g/mol. The molecule has 4 N–H and O–H groups in total. The predicted octanol–water partition coefficient (Wildman–Crippen LogP) is 0.451. The average Bonchev–Trinajstić information content (AvgIpc) is 2.22. The van der Waals surface area contributed by atoms with E-state index >= 15 is 0 Å². The lowest BCUT2D eigenvalue weighted by atomic mass is 10.1. The Morgan fingerprint density at radius 3 is 2.80 bits per heavy atom. The number of esters is 1. The Bertz CT molecular complexity index is 368. The number of benzene rings is 1. The largest absolute Gasteiger partial charge is 0.468 e. The van der Waals surface area contributed by atoms with Crippen LogP contribution in [0.4, 0.5) is 10.1 Å². The van der Waals surface area contributed by atoms with E-state index in [0.29, 0.717) is 5.56 Å². The van der Waals surface area contributed by atoms with Crippen molar-refractivity contribution in [1.82, 2.24) is 0 Å². The fourth-order valence-electron chi connectivity index (χ4n) is 1.21. The third-order valence-corrected chi connectivity index (χ3v) is 2.02. The molecular formula is C10H13FN2O2. The normalized spacial score (nSPS) is 12.2. The molecule has 15 heavy (non-hydrogen) atoms. The SMILES string of the molecule is COC(=O)[C@@H](N)Cc1ccc(F)c(N)c1. The van der Waals surface area contributed by atoms with Crippen molar-refractivity contribution >= 4 is 11.7 Å². The molecule has 0 aromatic heterocycles. The molecule has 0 fully saturated rings. The van der Waals surface area contributed by atoms with Crippen LogP contribution in [0.25, 0.3) is 0 Å². The first-order chi connectivity index (χ1) is 7.04. The molecule has 1 rings (SSSR count). The van der Waals surface area contributed by atoms with Crippen LogP contribution in [0.5, 0.6) is 0 Å². The van der Waals surface area contributed by atoms with E-state index in [4.69, 9.17) is 11.5 Å². The van der Waals surface area contributed by atoms with Crippen LogP contribution in [-0.2, 0) is 16.0 Å². The van der Waals surface area contributed by atoms with Crippen molar-refractivity contribution in [3.8, 4) is 0 Å². The highest BCUT2D eigenvalue weighted by molar-refractivity contribution is 5.75. The molecule has 5 heteroatoms. The first-order valence-electron chi connectivity index (χ1n) is 4.42. The van der Waals surface area contributed by atoms with Crippen molar-refractivity contribution in [2.45, 2.75) is 12.5 Å². The molecule has 0 amide bonds. The summed E-state index contributed by atoms with van der Waals surface area (Å²) >= 11 is 0. The molecule has 1 atom stereocenters. The zero-order chi connectivity index (χ0) is 11.4. The second-order valence-electron chi connectivity index (χ2n) is 3.19. The van der Waals surface area contributed by atoms with Gasteiger partial charge < -0.3 is 16.2 Å². The zero-order valence-corrected chi connectivity index (χ0v) is 8.37. The molecule has 0 saturated heterocycles. The van der Waals surface area contributed by atoms with Crippen LogP contribution >= 0.6 is 0 Å². The third-order valence-electron chi connectivity index (χ3n) is 2.02. The van der Waals surface area contributed by atoms with Crippen molar-refractivity contribution in [3.05, 3.63) is 29.6 Å². The first kappa shape index (κ1) is 11.5. The molecular weight excluding hydrogens is 199 g/mol. The standard InChI is InChI=1S/C10H13FN2O2/c1-15-10(14)9(13)5-6-2-3-7(11)8(12)4-6/h2-4,9H,5,12-13H2,1H3/t9-/m0/s1. The third kappa shape index (κ3) is 2.92. The van der Waals surface area contributed by atoms with Gasteiger partial charge in [0.25, 0.3) is 0 Å². The van der Waals surface area contributed by atoms with Crippen LogP contribution in [0.2, 0.25) is 0 Å². The van der Waals surface area contributed by atoms with E-state index in [9.17, 15) is 9.18 Å². The molecule has 1 aromatic rings. The van der Waals surface area contributed by atoms with Crippen LogP contribution in [-0.4, -0.2) is 19.1 Å². The van der Waals surface area contributed by atoms with Crippen molar-refractivity contribution < 1.29 is 13.9 Å². The van der Waals surface area contributed by atoms with Gasteiger partial charge in [-0.15, -0.1) is 0 Å². The Balaban J connectivity index is 2.73. The fraction of sp³-hybridized carbons (Fsp3) is 0.300. The van der Waals surface area contributed by atoms with Gasteiger partial charge in [0.15, 0.2) is 0 Å². The molecule has 0 unspecified atom stereocenters. The number of nitrogen functional groups attached to an aromatic ring is 1. The molecule has 0 radical (unpaired) electrons. The molecule has 0 aliphatic heterocycles. The minimum Gasteiger partial charge on any atom is -0.468 e. The highest BCUT2D eigenvalue weighted by atomic mass is 19.1. The molecule has 0 bridgehead atoms. The van der Waals surface area contributed by atoms with E-state index in [2.05, 4.69) is 4.74 Å². The van der Waals surface area contributed by atoms with Crippen LogP contribution in [0.1, 0.15) is 5.56 Å². The minimum atomic E-state index is -0.750. The smallest absolute Gasteiger partial charge is 0.322 e. The Morgan fingerprint density at radius 2 is 2.27 bits per heavy atom. The van der Waals surface area contributed by atoms with Crippen molar-refractivity contribution in [1.29, 1.82) is 0 Å². The highest BCUT2D eigenvalue weighted by Gasteiger charge is 2.14. The number of rotatable bonds is 3. The van der Waals surface area contributed by atoms with Gasteiger partial charge in [-0.1, -0.05) is 6.07 Å². The number of hydrogen-bond donors (Lipinski definition) is 2. The summed E-state index contributed by atoms with van der Waals surface area (Å²) < 4.78 is 17.3. The molecule has 1 aromatic carbocycles. The Morgan fingerprint density at radius 1 is 1.60 bits per heavy atom. The molecule has 82 valence electrons. The Kier molecular flexibility index (Phi) is 3.62. The summed E-state index contributed by atoms with van der Waals surface area (Å²) in [5.41, 5.74) is 11.7. The number of methoxy groups -OCH3 is 1. The van der Waals surface area contributed by atoms with Crippen LogP contribution in [0.15, 0.2) is 18.2 Å². The maximum absolute atomic E-state index is 12.8. The summed E-state index contributed by atoms with van der Waals surface area (Å²) in [6, 6.07) is 3.49. The van der Waals surface area contributed by atoms with Gasteiger partial charge in [-0.05, 0) is 24.1 Å². The van der Waals surface area contributed by atoms with E-state index in [-0.39, 0.29) is 12.1 Å². The molecule has 0 aliphatic rings. The maximum Gasteiger partial charge on any atom is 0.322 e. The van der Waals surface area contributed by atoms with Crippen LogP contribution in [0.3, 0.4) is 0 Å². The van der Waals surface area contributed by atoms with Gasteiger partial charge in [0.05, 0.1) is 12.8 Å². The van der Waals surface area contributed by atoms with E-state index in [1.54, 1.807) is 0 Å². The lowest BCUT2D eigenvalue weighted by molar-refractivity contribution is -0.142. The molecule has 0 heterocycles. The van der Waals surface area contributed by atoms with Gasteiger partial charge in [0.2, 0.25) is 0 Å². The molecule has 0 saturated carbocycles. The van der Waals surface area contributed by atoms with E-state index < -0.39 is 17.8 Å². The second-order valence-corrected chi connectivity index (χ2v) is 3.19. The number of carbonyl (C=O) groups is 1. The van der Waals surface area contributed by atoms with Gasteiger partial charge in [-0.3, -0.25) is 4.79 Å². The Labute approximate surface area is 87.0 Å². The molecule has 0 spiro atoms.